The maximum Gasteiger partial charge on any atom is 0.340 e. The van der Waals surface area contributed by atoms with Crippen LogP contribution in [-0.4, -0.2) is 16.7 Å². The molecule has 0 saturated heterocycles. The van der Waals surface area contributed by atoms with Crippen molar-refractivity contribution in [1.82, 2.24) is 0 Å². The van der Waals surface area contributed by atoms with Crippen LogP contribution in [-0.2, 0) is 28.2 Å². The van der Waals surface area contributed by atoms with Crippen molar-refractivity contribution in [1.29, 1.82) is 0 Å². The predicted octanol–water partition coefficient (Wildman–Crippen LogP) is 7.61. The molecular formula is C32H39NO3. The van der Waals surface area contributed by atoms with E-state index in [0.29, 0.717) is 6.42 Å². The Morgan fingerprint density at radius 3 is 1.83 bits per heavy atom. The van der Waals surface area contributed by atoms with E-state index in [1.54, 1.807) is 0 Å². The number of rotatable bonds is 6. The summed E-state index contributed by atoms with van der Waals surface area (Å²) in [5.74, 6) is -0.941. The fraction of sp³-hybridized carbons (Fsp3) is 0.406. The third kappa shape index (κ3) is 4.55. The number of ether oxygens (including phenoxy) is 1. The Morgan fingerprint density at radius 1 is 0.861 bits per heavy atom. The highest BCUT2D eigenvalue weighted by Gasteiger charge is 2.47. The average Bonchev–Trinajstić information content (AvgIpc) is 3.26. The van der Waals surface area contributed by atoms with Crippen molar-refractivity contribution in [3.05, 3.63) is 87.5 Å². The maximum absolute atomic E-state index is 13.1. The summed E-state index contributed by atoms with van der Waals surface area (Å²) in [5.41, 5.74) is 8.98. The zero-order valence-corrected chi connectivity index (χ0v) is 23.0. The van der Waals surface area contributed by atoms with Crippen LogP contribution in [0.3, 0.4) is 0 Å². The zero-order chi connectivity index (χ0) is 26.4. The Morgan fingerprint density at radius 2 is 1.36 bits per heavy atom. The standard InChI is InChI=1S/C32H39NO3/c1-9-32(30(34)35,36-31(6,7)8)29-23(5)27-19-33(25-16-12-21(3)13-17-25)18-26(27)22(4)28(29)24-14-10-20(2)11-15-24/h10-17H,9,18-19H2,1-8H3,(H,34,35). The topological polar surface area (TPSA) is 49.8 Å². The van der Waals surface area contributed by atoms with Gasteiger partial charge in [0.2, 0.25) is 0 Å². The van der Waals surface area contributed by atoms with Gasteiger partial charge in [-0.15, -0.1) is 0 Å². The number of fused-ring (bicyclic) bond motifs is 1. The molecule has 0 radical (unpaired) electrons. The summed E-state index contributed by atoms with van der Waals surface area (Å²) in [6.45, 7) is 17.7. The molecule has 3 aromatic rings. The van der Waals surface area contributed by atoms with Crippen LogP contribution in [0.1, 0.15) is 73.1 Å². The van der Waals surface area contributed by atoms with Gasteiger partial charge in [0.15, 0.2) is 5.60 Å². The van der Waals surface area contributed by atoms with Crippen molar-refractivity contribution < 1.29 is 14.6 Å². The van der Waals surface area contributed by atoms with E-state index in [0.717, 1.165) is 40.9 Å². The van der Waals surface area contributed by atoms with Gasteiger partial charge >= 0.3 is 5.97 Å². The van der Waals surface area contributed by atoms with E-state index >= 15 is 0 Å². The van der Waals surface area contributed by atoms with E-state index in [1.165, 1.54) is 27.9 Å². The van der Waals surface area contributed by atoms with Crippen LogP contribution in [0.2, 0.25) is 0 Å². The van der Waals surface area contributed by atoms with E-state index in [4.69, 9.17) is 4.74 Å². The molecule has 4 rings (SSSR count). The summed E-state index contributed by atoms with van der Waals surface area (Å²) < 4.78 is 6.52. The quantitative estimate of drug-likeness (QED) is 0.390. The number of carbonyl (C=O) groups is 1. The Labute approximate surface area is 215 Å². The third-order valence-corrected chi connectivity index (χ3v) is 7.43. The van der Waals surface area contributed by atoms with Gasteiger partial charge in [-0.05, 0) is 100 Å². The molecule has 1 N–H and O–H groups in total. The highest BCUT2D eigenvalue weighted by molar-refractivity contribution is 5.87. The van der Waals surface area contributed by atoms with Gasteiger partial charge in [-0.1, -0.05) is 54.4 Å². The monoisotopic (exact) mass is 485 g/mol. The van der Waals surface area contributed by atoms with E-state index < -0.39 is 17.2 Å². The molecule has 1 aliphatic heterocycles. The molecule has 4 nitrogen and oxygen atoms in total. The van der Waals surface area contributed by atoms with Crippen molar-refractivity contribution >= 4 is 11.7 Å². The smallest absolute Gasteiger partial charge is 0.340 e. The first-order valence-electron chi connectivity index (χ1n) is 12.9. The molecule has 3 aromatic carbocycles. The second-order valence-electron chi connectivity index (χ2n) is 11.2. The number of hydrogen-bond acceptors (Lipinski definition) is 3. The second kappa shape index (κ2) is 9.40. The number of aliphatic carboxylic acids is 1. The van der Waals surface area contributed by atoms with Gasteiger partial charge in [-0.3, -0.25) is 0 Å². The van der Waals surface area contributed by atoms with Crippen LogP contribution in [0.5, 0.6) is 0 Å². The molecule has 0 saturated carbocycles. The Hall–Kier alpha value is -3.11. The van der Waals surface area contributed by atoms with Gasteiger partial charge < -0.3 is 14.7 Å². The first-order chi connectivity index (χ1) is 16.9. The summed E-state index contributed by atoms with van der Waals surface area (Å²) in [5, 5.41) is 10.7. The lowest BCUT2D eigenvalue weighted by Crippen LogP contribution is -2.45. The number of nitrogens with zero attached hydrogens (tertiary/aromatic N) is 1. The van der Waals surface area contributed by atoms with Crippen LogP contribution >= 0.6 is 0 Å². The average molecular weight is 486 g/mol. The van der Waals surface area contributed by atoms with Crippen molar-refractivity contribution in [2.45, 2.75) is 86.1 Å². The number of hydrogen-bond donors (Lipinski definition) is 1. The summed E-state index contributed by atoms with van der Waals surface area (Å²) in [6, 6.07) is 17.0. The molecular weight excluding hydrogens is 446 g/mol. The number of carboxylic acid groups (broad SMARTS) is 1. The lowest BCUT2D eigenvalue weighted by atomic mass is 9.76. The van der Waals surface area contributed by atoms with Gasteiger partial charge in [0, 0.05) is 24.3 Å². The summed E-state index contributed by atoms with van der Waals surface area (Å²) in [7, 11) is 0. The van der Waals surface area contributed by atoms with Crippen molar-refractivity contribution in [2.24, 2.45) is 0 Å². The molecule has 1 heterocycles. The van der Waals surface area contributed by atoms with Gasteiger partial charge in [-0.2, -0.15) is 0 Å². The fourth-order valence-electron chi connectivity index (χ4n) is 5.64. The molecule has 4 heteroatoms. The molecule has 190 valence electrons. The van der Waals surface area contributed by atoms with Gasteiger partial charge in [0.05, 0.1) is 5.60 Å². The highest BCUT2D eigenvalue weighted by Crippen LogP contribution is 2.47. The van der Waals surface area contributed by atoms with Gasteiger partial charge in [0.1, 0.15) is 0 Å². The fourth-order valence-corrected chi connectivity index (χ4v) is 5.64. The highest BCUT2D eigenvalue weighted by atomic mass is 16.5. The molecule has 0 aliphatic carbocycles. The van der Waals surface area contributed by atoms with Gasteiger partial charge in [0.25, 0.3) is 0 Å². The number of benzene rings is 3. The van der Waals surface area contributed by atoms with Crippen molar-refractivity contribution in [3.63, 3.8) is 0 Å². The minimum atomic E-state index is -1.46. The molecule has 0 bridgehead atoms. The van der Waals surface area contributed by atoms with E-state index in [2.05, 4.69) is 81.1 Å². The first-order valence-corrected chi connectivity index (χ1v) is 12.9. The lowest BCUT2D eigenvalue weighted by molar-refractivity contribution is -0.188. The molecule has 0 aromatic heterocycles. The molecule has 1 unspecified atom stereocenters. The van der Waals surface area contributed by atoms with Crippen molar-refractivity contribution in [2.75, 3.05) is 4.90 Å². The normalized spacial score (nSPS) is 15.1. The minimum Gasteiger partial charge on any atom is -0.479 e. The maximum atomic E-state index is 13.1. The molecule has 0 spiro atoms. The van der Waals surface area contributed by atoms with Crippen LogP contribution < -0.4 is 4.90 Å². The number of carboxylic acids is 1. The molecule has 1 atom stereocenters. The number of aryl methyl sites for hydroxylation is 2. The van der Waals surface area contributed by atoms with Crippen LogP contribution in [0.15, 0.2) is 48.5 Å². The van der Waals surface area contributed by atoms with Gasteiger partial charge in [-0.25, -0.2) is 4.79 Å². The van der Waals surface area contributed by atoms with E-state index in [9.17, 15) is 9.90 Å². The Kier molecular flexibility index (Phi) is 6.78. The number of anilines is 1. The van der Waals surface area contributed by atoms with Crippen LogP contribution in [0.4, 0.5) is 5.69 Å². The van der Waals surface area contributed by atoms with Crippen molar-refractivity contribution in [3.8, 4) is 11.1 Å². The molecule has 0 amide bonds. The predicted molar refractivity (Wildman–Crippen MR) is 148 cm³/mol. The zero-order valence-electron chi connectivity index (χ0n) is 23.0. The Balaban J connectivity index is 2.01. The van der Waals surface area contributed by atoms with Crippen LogP contribution in [0.25, 0.3) is 11.1 Å². The summed E-state index contributed by atoms with van der Waals surface area (Å²) in [6.07, 6.45) is 0.333. The second-order valence-corrected chi connectivity index (χ2v) is 11.2. The third-order valence-electron chi connectivity index (χ3n) is 7.43. The SMILES string of the molecule is CCC(OC(C)(C)C)(C(=O)O)c1c(C)c2c(c(C)c1-c1ccc(C)cc1)CN(c1ccc(C)cc1)C2. The molecule has 1 aliphatic rings. The Bertz CT molecular complexity index is 1280. The van der Waals surface area contributed by atoms with E-state index in [-0.39, 0.29) is 0 Å². The summed E-state index contributed by atoms with van der Waals surface area (Å²) >= 11 is 0. The largest absolute Gasteiger partial charge is 0.479 e. The van der Waals surface area contributed by atoms with Crippen LogP contribution in [0, 0.1) is 27.7 Å². The summed E-state index contributed by atoms with van der Waals surface area (Å²) in [4.78, 5) is 15.5. The first kappa shape index (κ1) is 26.0. The molecule has 0 fully saturated rings. The lowest BCUT2D eigenvalue weighted by Gasteiger charge is -2.39. The van der Waals surface area contributed by atoms with E-state index in [1.807, 2.05) is 27.7 Å². The minimum absolute atomic E-state index is 0.333. The molecule has 36 heavy (non-hydrogen) atoms.